The van der Waals surface area contributed by atoms with Crippen molar-refractivity contribution in [2.24, 2.45) is 5.73 Å². The number of nitrogens with two attached hydrogens (primary N) is 1. The van der Waals surface area contributed by atoms with E-state index in [1.54, 1.807) is 6.20 Å². The zero-order chi connectivity index (χ0) is 13.7. The fourth-order valence-corrected chi connectivity index (χ4v) is 1.64. The van der Waals surface area contributed by atoms with Gasteiger partial charge in [0.05, 0.1) is 6.61 Å². The Bertz CT molecular complexity index is 524. The topological polar surface area (TPSA) is 57.4 Å². The van der Waals surface area contributed by atoms with E-state index >= 15 is 0 Å². The Balaban J connectivity index is 2.10. The zero-order valence-corrected chi connectivity index (χ0v) is 11.2. The van der Waals surface area contributed by atoms with Gasteiger partial charge in [0.2, 0.25) is 5.88 Å². The molecule has 4 nitrogen and oxygen atoms in total. The Kier molecular flexibility index (Phi) is 4.36. The van der Waals surface area contributed by atoms with Gasteiger partial charge in [-0.15, -0.1) is 0 Å². The first-order valence-corrected chi connectivity index (χ1v) is 6.31. The highest BCUT2D eigenvalue weighted by atomic mass is 16.5. The Morgan fingerprint density at radius 2 is 2.00 bits per heavy atom. The van der Waals surface area contributed by atoms with Crippen molar-refractivity contribution < 1.29 is 9.47 Å². The van der Waals surface area contributed by atoms with Crippen LogP contribution in [0.25, 0.3) is 0 Å². The molecular formula is C15H18N2O2. The monoisotopic (exact) mass is 258 g/mol. The summed E-state index contributed by atoms with van der Waals surface area (Å²) in [6, 6.07) is 11.2. The molecule has 0 amide bonds. The van der Waals surface area contributed by atoms with Crippen molar-refractivity contribution in [3.63, 3.8) is 0 Å². The molecule has 1 aromatic carbocycles. The maximum absolute atomic E-state index is 5.77. The van der Waals surface area contributed by atoms with Crippen molar-refractivity contribution in [2.75, 3.05) is 6.61 Å². The minimum atomic E-state index is -0.0252. The predicted molar refractivity (Wildman–Crippen MR) is 74.5 cm³/mol. The lowest BCUT2D eigenvalue weighted by molar-refractivity contribution is 0.338. The molecule has 1 aromatic heterocycles. The van der Waals surface area contributed by atoms with Crippen LogP contribution in [0.15, 0.2) is 42.6 Å². The molecule has 0 saturated heterocycles. The summed E-state index contributed by atoms with van der Waals surface area (Å²) in [7, 11) is 0. The SMILES string of the molecule is CCOc1cccc(Oc2ccc(C(C)N)cn2)c1. The summed E-state index contributed by atoms with van der Waals surface area (Å²) in [5, 5.41) is 0. The number of ether oxygens (including phenoxy) is 2. The van der Waals surface area contributed by atoms with Crippen molar-refractivity contribution in [2.45, 2.75) is 19.9 Å². The van der Waals surface area contributed by atoms with E-state index < -0.39 is 0 Å². The lowest BCUT2D eigenvalue weighted by Crippen LogP contribution is -2.05. The first-order chi connectivity index (χ1) is 9.19. The zero-order valence-electron chi connectivity index (χ0n) is 11.2. The molecule has 19 heavy (non-hydrogen) atoms. The summed E-state index contributed by atoms with van der Waals surface area (Å²) in [5.41, 5.74) is 6.75. The highest BCUT2D eigenvalue weighted by molar-refractivity contribution is 5.35. The molecule has 100 valence electrons. The van der Waals surface area contributed by atoms with Crippen LogP contribution in [0.4, 0.5) is 0 Å². The van der Waals surface area contributed by atoms with Gasteiger partial charge < -0.3 is 15.2 Å². The number of hydrogen-bond donors (Lipinski definition) is 1. The summed E-state index contributed by atoms with van der Waals surface area (Å²) in [6.45, 7) is 4.50. The molecule has 0 aliphatic carbocycles. The highest BCUT2D eigenvalue weighted by Crippen LogP contribution is 2.24. The van der Waals surface area contributed by atoms with Gasteiger partial charge in [-0.05, 0) is 31.5 Å². The average molecular weight is 258 g/mol. The second-order valence-electron chi connectivity index (χ2n) is 4.23. The summed E-state index contributed by atoms with van der Waals surface area (Å²) in [6.07, 6.45) is 1.73. The quantitative estimate of drug-likeness (QED) is 0.894. The summed E-state index contributed by atoms with van der Waals surface area (Å²) in [5.74, 6) is 2.03. The Labute approximate surface area is 113 Å². The molecule has 0 fully saturated rings. The molecule has 4 heteroatoms. The van der Waals surface area contributed by atoms with Gasteiger partial charge in [-0.3, -0.25) is 0 Å². The summed E-state index contributed by atoms with van der Waals surface area (Å²) < 4.78 is 11.1. The summed E-state index contributed by atoms with van der Waals surface area (Å²) >= 11 is 0. The van der Waals surface area contributed by atoms with Crippen LogP contribution in [0.1, 0.15) is 25.5 Å². The van der Waals surface area contributed by atoms with E-state index in [9.17, 15) is 0 Å². The number of benzene rings is 1. The molecule has 1 heterocycles. The molecule has 2 N–H and O–H groups in total. The maximum atomic E-state index is 5.77. The van der Waals surface area contributed by atoms with Gasteiger partial charge in [0.15, 0.2) is 0 Å². The second-order valence-corrected chi connectivity index (χ2v) is 4.23. The highest BCUT2D eigenvalue weighted by Gasteiger charge is 2.03. The van der Waals surface area contributed by atoms with Gasteiger partial charge >= 0.3 is 0 Å². The van der Waals surface area contributed by atoms with E-state index in [0.29, 0.717) is 18.2 Å². The maximum Gasteiger partial charge on any atom is 0.219 e. The first-order valence-electron chi connectivity index (χ1n) is 6.31. The minimum absolute atomic E-state index is 0.0252. The molecular weight excluding hydrogens is 240 g/mol. The van der Waals surface area contributed by atoms with E-state index in [-0.39, 0.29) is 6.04 Å². The Morgan fingerprint density at radius 1 is 1.21 bits per heavy atom. The van der Waals surface area contributed by atoms with Crippen LogP contribution in [0, 0.1) is 0 Å². The number of rotatable bonds is 5. The molecule has 2 rings (SSSR count). The lowest BCUT2D eigenvalue weighted by Gasteiger charge is -2.09. The van der Waals surface area contributed by atoms with E-state index in [0.717, 1.165) is 11.3 Å². The Morgan fingerprint density at radius 3 is 2.63 bits per heavy atom. The van der Waals surface area contributed by atoms with Crippen LogP contribution < -0.4 is 15.2 Å². The van der Waals surface area contributed by atoms with Crippen LogP contribution in [-0.4, -0.2) is 11.6 Å². The van der Waals surface area contributed by atoms with Crippen LogP contribution in [0.3, 0.4) is 0 Å². The van der Waals surface area contributed by atoms with Crippen LogP contribution >= 0.6 is 0 Å². The third-order valence-electron chi connectivity index (χ3n) is 2.62. The van der Waals surface area contributed by atoms with Crippen molar-refractivity contribution in [1.29, 1.82) is 0 Å². The molecule has 0 radical (unpaired) electrons. The number of pyridine rings is 1. The molecule has 0 bridgehead atoms. The van der Waals surface area contributed by atoms with Crippen molar-refractivity contribution in [1.82, 2.24) is 4.98 Å². The molecule has 0 aliphatic heterocycles. The van der Waals surface area contributed by atoms with Crippen LogP contribution in [0.2, 0.25) is 0 Å². The fourth-order valence-electron chi connectivity index (χ4n) is 1.64. The van der Waals surface area contributed by atoms with E-state index in [2.05, 4.69) is 4.98 Å². The minimum Gasteiger partial charge on any atom is -0.494 e. The van der Waals surface area contributed by atoms with E-state index in [1.165, 1.54) is 0 Å². The van der Waals surface area contributed by atoms with Gasteiger partial charge in [-0.2, -0.15) is 0 Å². The smallest absolute Gasteiger partial charge is 0.219 e. The number of hydrogen-bond acceptors (Lipinski definition) is 4. The molecule has 0 aliphatic rings. The van der Waals surface area contributed by atoms with Gasteiger partial charge in [-0.25, -0.2) is 4.98 Å². The molecule has 0 spiro atoms. The van der Waals surface area contributed by atoms with Gasteiger partial charge in [0, 0.05) is 24.4 Å². The molecule has 0 saturated carbocycles. The first kappa shape index (κ1) is 13.4. The van der Waals surface area contributed by atoms with Gasteiger partial charge in [0.1, 0.15) is 11.5 Å². The van der Waals surface area contributed by atoms with Crippen LogP contribution in [-0.2, 0) is 0 Å². The predicted octanol–water partition coefficient (Wildman–Crippen LogP) is 3.29. The van der Waals surface area contributed by atoms with Crippen molar-refractivity contribution in [3.05, 3.63) is 48.2 Å². The van der Waals surface area contributed by atoms with Gasteiger partial charge in [0.25, 0.3) is 0 Å². The lowest BCUT2D eigenvalue weighted by atomic mass is 10.2. The number of nitrogens with zero attached hydrogens (tertiary/aromatic N) is 1. The standard InChI is InChI=1S/C15H18N2O2/c1-3-18-13-5-4-6-14(9-13)19-15-8-7-12(10-17-15)11(2)16/h4-11H,3,16H2,1-2H3. The molecule has 1 unspecified atom stereocenters. The van der Waals surface area contributed by atoms with Crippen molar-refractivity contribution >= 4 is 0 Å². The normalized spacial score (nSPS) is 11.9. The van der Waals surface area contributed by atoms with E-state index in [1.807, 2.05) is 50.2 Å². The Hall–Kier alpha value is -2.07. The third kappa shape index (κ3) is 3.69. The van der Waals surface area contributed by atoms with Gasteiger partial charge in [-0.1, -0.05) is 12.1 Å². The molecule has 2 aromatic rings. The number of aromatic nitrogens is 1. The third-order valence-corrected chi connectivity index (χ3v) is 2.62. The largest absolute Gasteiger partial charge is 0.494 e. The fraction of sp³-hybridized carbons (Fsp3) is 0.267. The second kappa shape index (κ2) is 6.20. The van der Waals surface area contributed by atoms with E-state index in [4.69, 9.17) is 15.2 Å². The molecule has 1 atom stereocenters. The average Bonchev–Trinajstić information content (AvgIpc) is 2.40. The van der Waals surface area contributed by atoms with Crippen molar-refractivity contribution in [3.8, 4) is 17.4 Å². The van der Waals surface area contributed by atoms with Crippen LogP contribution in [0.5, 0.6) is 17.4 Å². The summed E-state index contributed by atoms with van der Waals surface area (Å²) in [4.78, 5) is 4.23.